The third kappa shape index (κ3) is 21.8. The van der Waals surface area contributed by atoms with Gasteiger partial charge in [-0.15, -0.1) is 0 Å². The lowest BCUT2D eigenvalue weighted by atomic mass is 10.0. The van der Waals surface area contributed by atoms with Gasteiger partial charge in [0.15, 0.2) is 5.96 Å². The van der Waals surface area contributed by atoms with Gasteiger partial charge in [-0.3, -0.25) is 58.1 Å². The van der Waals surface area contributed by atoms with Gasteiger partial charge in [0.25, 0.3) is 0 Å². The van der Waals surface area contributed by atoms with Crippen molar-refractivity contribution in [1.82, 2.24) is 52.4 Å². The van der Waals surface area contributed by atoms with Gasteiger partial charge < -0.3 is 91.3 Å². The second-order valence-corrected chi connectivity index (χ2v) is 20.9. The summed E-state index contributed by atoms with van der Waals surface area (Å²) in [5.74, 6) is -11.9. The summed E-state index contributed by atoms with van der Waals surface area (Å²) in [6.07, 6.45) is 1.33. The van der Waals surface area contributed by atoms with Gasteiger partial charge in [0.2, 0.25) is 65.0 Å². The SMILES string of the molecule is CSCC[C@H](NC(=O)[C@H](Cc1c[nH]c2ccccc12)NC(=O)[C@H](CC(N)=O)NC(=O)[C@H](CO)NC(=O)[C@H](CCCNC(=N)N)NC(=O)[C@H](CCC(N)=O)NC(=O)[C@@H](N)CCC(N)=O)C(=O)N[C@@H](Cc1ccccc1)C(=O)N1CCC[C@H]1C(=O)O. The third-order valence-corrected chi connectivity index (χ3v) is 14.2. The Labute approximate surface area is 487 Å². The van der Waals surface area contributed by atoms with Crippen LogP contribution in [0.4, 0.5) is 0 Å². The van der Waals surface area contributed by atoms with Crippen LogP contribution in [0.1, 0.15) is 75.3 Å². The molecule has 0 bridgehead atoms. The molecule has 30 nitrogen and oxygen atoms in total. The normalized spacial score (nSPS) is 15.7. The van der Waals surface area contributed by atoms with E-state index in [1.165, 1.54) is 16.7 Å². The summed E-state index contributed by atoms with van der Waals surface area (Å²) in [6, 6.07) is 2.15. The van der Waals surface area contributed by atoms with Crippen LogP contribution in [0.5, 0.6) is 0 Å². The fourth-order valence-electron chi connectivity index (χ4n) is 9.07. The van der Waals surface area contributed by atoms with E-state index in [-0.39, 0.29) is 70.9 Å². The number of nitrogens with zero attached hydrogens (tertiary/aromatic N) is 1. The molecular weight excluding hydrogens is 1120 g/mol. The highest BCUT2D eigenvalue weighted by Gasteiger charge is 2.40. The van der Waals surface area contributed by atoms with Crippen LogP contribution in [0.2, 0.25) is 0 Å². The lowest BCUT2D eigenvalue weighted by Gasteiger charge is -2.29. The van der Waals surface area contributed by atoms with Gasteiger partial charge in [0.1, 0.15) is 48.3 Å². The van der Waals surface area contributed by atoms with Gasteiger partial charge in [0, 0.05) is 55.9 Å². The third-order valence-electron chi connectivity index (χ3n) is 13.5. The molecule has 3 aromatic rings. The summed E-state index contributed by atoms with van der Waals surface area (Å²) in [4.78, 5) is 164. The number of nitrogens with two attached hydrogens (primary N) is 5. The zero-order valence-electron chi connectivity index (χ0n) is 46.3. The molecule has 0 saturated carbocycles. The monoisotopic (exact) mass is 1190 g/mol. The number of carboxylic acids is 1. The number of carbonyl (C=O) groups excluding carboxylic acids is 11. The molecule has 2 heterocycles. The van der Waals surface area contributed by atoms with Crippen LogP contribution < -0.4 is 71.2 Å². The van der Waals surface area contributed by atoms with Gasteiger partial charge in [-0.1, -0.05) is 48.5 Å². The molecule has 84 heavy (non-hydrogen) atoms. The van der Waals surface area contributed by atoms with Crippen LogP contribution in [-0.4, -0.2) is 183 Å². The number of fused-ring (bicyclic) bond motifs is 1. The van der Waals surface area contributed by atoms with Crippen LogP contribution in [0.25, 0.3) is 10.9 Å². The van der Waals surface area contributed by atoms with E-state index in [0.717, 1.165) is 0 Å². The molecular formula is C53H76N16O14S. The highest BCUT2D eigenvalue weighted by Crippen LogP contribution is 2.22. The van der Waals surface area contributed by atoms with Crippen LogP contribution in [-0.2, 0) is 70.4 Å². The molecule has 1 aromatic heterocycles. The van der Waals surface area contributed by atoms with Crippen LogP contribution >= 0.6 is 11.8 Å². The number of H-pyrrole nitrogens is 1. The number of thioether (sulfide) groups is 1. The maximum atomic E-state index is 14.7. The number of hydrogen-bond acceptors (Lipinski definition) is 16. The molecule has 1 aliphatic rings. The number of hydrogen-bond donors (Lipinski definition) is 17. The number of guanidine groups is 1. The van der Waals surface area contributed by atoms with Gasteiger partial charge in [0.05, 0.1) is 19.1 Å². The van der Waals surface area contributed by atoms with E-state index in [2.05, 4.69) is 47.5 Å². The molecule has 458 valence electrons. The van der Waals surface area contributed by atoms with Crippen molar-refractivity contribution >= 4 is 99.6 Å². The predicted octanol–water partition coefficient (Wildman–Crippen LogP) is -4.84. The molecule has 22 N–H and O–H groups in total. The number of carbonyl (C=O) groups is 12. The summed E-state index contributed by atoms with van der Waals surface area (Å²) >= 11 is 1.34. The average molecular weight is 1190 g/mol. The Kier molecular flexibility index (Phi) is 27.3. The lowest BCUT2D eigenvalue weighted by molar-refractivity contribution is -0.149. The molecule has 1 fully saturated rings. The predicted molar refractivity (Wildman–Crippen MR) is 306 cm³/mol. The first-order valence-corrected chi connectivity index (χ1v) is 28.3. The second kappa shape index (κ2) is 33.9. The highest BCUT2D eigenvalue weighted by molar-refractivity contribution is 7.98. The number of para-hydroxylation sites is 1. The van der Waals surface area contributed by atoms with Crippen LogP contribution in [0.15, 0.2) is 60.8 Å². The number of aliphatic hydroxyl groups excluding tert-OH is 1. The summed E-state index contributed by atoms with van der Waals surface area (Å²) in [5.41, 5.74) is 29.1. The Morgan fingerprint density at radius 3 is 1.77 bits per heavy atom. The fourth-order valence-corrected chi connectivity index (χ4v) is 9.54. The van der Waals surface area contributed by atoms with Gasteiger partial charge in [-0.2, -0.15) is 11.8 Å². The molecule has 9 atom stereocenters. The number of rotatable bonds is 36. The summed E-state index contributed by atoms with van der Waals surface area (Å²) in [6.45, 7) is -1.01. The molecule has 0 radical (unpaired) electrons. The Bertz CT molecular complexity index is 2840. The first kappa shape index (κ1) is 67.7. The van der Waals surface area contributed by atoms with Crippen molar-refractivity contribution in [3.05, 3.63) is 71.9 Å². The zero-order valence-corrected chi connectivity index (χ0v) is 47.1. The van der Waals surface area contributed by atoms with E-state index in [0.29, 0.717) is 34.2 Å². The van der Waals surface area contributed by atoms with E-state index in [1.807, 2.05) is 0 Å². The van der Waals surface area contributed by atoms with E-state index in [4.69, 9.17) is 34.1 Å². The number of primary amides is 3. The topological polar surface area (TPSA) is 515 Å². The second-order valence-electron chi connectivity index (χ2n) is 19.9. The minimum Gasteiger partial charge on any atom is -0.480 e. The number of amides is 11. The summed E-state index contributed by atoms with van der Waals surface area (Å²) in [7, 11) is 0. The Morgan fingerprint density at radius 1 is 0.643 bits per heavy atom. The Balaban J connectivity index is 1.61. The fraction of sp³-hybridized carbons (Fsp3) is 0.491. The number of benzene rings is 2. The first-order chi connectivity index (χ1) is 39.9. The molecule has 0 aliphatic carbocycles. The summed E-state index contributed by atoms with van der Waals surface area (Å²) < 4.78 is 0. The van der Waals surface area contributed by atoms with Crippen molar-refractivity contribution in [2.45, 2.75) is 131 Å². The minimum atomic E-state index is -1.91. The minimum absolute atomic E-state index is 0.00400. The number of aliphatic hydroxyl groups is 1. The number of carboxylic acid groups (broad SMARTS) is 1. The van der Waals surface area contributed by atoms with Crippen molar-refractivity contribution in [2.75, 3.05) is 31.7 Å². The van der Waals surface area contributed by atoms with Crippen molar-refractivity contribution in [3.63, 3.8) is 0 Å². The van der Waals surface area contributed by atoms with Crippen LogP contribution in [0.3, 0.4) is 0 Å². The average Bonchev–Trinajstić information content (AvgIpc) is 3.90. The highest BCUT2D eigenvalue weighted by atomic mass is 32.2. The molecule has 0 unspecified atom stereocenters. The van der Waals surface area contributed by atoms with E-state index in [9.17, 15) is 67.7 Å². The maximum absolute atomic E-state index is 14.7. The molecule has 1 aliphatic heterocycles. The van der Waals surface area contributed by atoms with Crippen molar-refractivity contribution in [1.29, 1.82) is 5.41 Å². The number of aromatic amines is 1. The lowest BCUT2D eigenvalue weighted by Crippen LogP contribution is -2.61. The summed E-state index contributed by atoms with van der Waals surface area (Å²) in [5, 5.41) is 48.4. The van der Waals surface area contributed by atoms with Gasteiger partial charge in [-0.25, -0.2) is 4.79 Å². The largest absolute Gasteiger partial charge is 0.480 e. The molecule has 0 spiro atoms. The van der Waals surface area contributed by atoms with Crippen molar-refractivity contribution in [2.24, 2.45) is 28.7 Å². The van der Waals surface area contributed by atoms with Crippen molar-refractivity contribution < 1.29 is 67.7 Å². The zero-order chi connectivity index (χ0) is 62.0. The molecule has 11 amide bonds. The Morgan fingerprint density at radius 2 is 1.17 bits per heavy atom. The number of aliphatic carboxylic acids is 1. The van der Waals surface area contributed by atoms with E-state index >= 15 is 0 Å². The molecule has 4 rings (SSSR count). The van der Waals surface area contributed by atoms with Gasteiger partial charge >= 0.3 is 5.97 Å². The van der Waals surface area contributed by atoms with Crippen LogP contribution in [0, 0.1) is 5.41 Å². The van der Waals surface area contributed by atoms with E-state index in [1.54, 1.807) is 67.0 Å². The Hall–Kier alpha value is -8.84. The smallest absolute Gasteiger partial charge is 0.326 e. The molecule has 1 saturated heterocycles. The maximum Gasteiger partial charge on any atom is 0.326 e. The molecule has 2 aromatic carbocycles. The number of aromatic nitrogens is 1. The number of nitrogens with one attached hydrogen (secondary N) is 10. The standard InChI is InChI=1S/C53H76N16O14S/c1-84-22-19-35(47(77)67-38(23-28-9-3-2-4-10-28)51(81)69-21-8-14-40(69)52(82)83)64-48(78)36(24-29-26-61-32-12-6-5-11-30(29)32)65-49(79)37(25-43(57)73)66-50(80)39(27-70)68-45(75)33(13-7-20-60-53(58)59)63-46(76)34(16-18-42(56)72)62-44(74)31(54)15-17-41(55)71/h2-6,9-12,26,31,33-40,61,70H,7-8,13-25,27,54H2,1H3,(H2,55,71)(H2,56,72)(H2,57,73)(H,62,74)(H,63,76)(H,64,78)(H,65,79)(H,66,80)(H,67,77)(H,68,75)(H,82,83)(H4,58,59,60)/t31-,33-,34-,35-,36-,37-,38-,39-,40-/m0/s1. The quantitative estimate of drug-likeness (QED) is 0.0148. The van der Waals surface area contributed by atoms with E-state index < -0.39 is 151 Å². The number of likely N-dealkylation sites (tertiary alicyclic amines) is 1. The molecule has 31 heteroatoms. The van der Waals surface area contributed by atoms with Crippen molar-refractivity contribution in [3.8, 4) is 0 Å². The van der Waals surface area contributed by atoms with Gasteiger partial charge in [-0.05, 0) is 74.1 Å². The first-order valence-electron chi connectivity index (χ1n) is 27.0.